The van der Waals surface area contributed by atoms with Gasteiger partial charge in [-0.1, -0.05) is 24.3 Å². The molecule has 0 bridgehead atoms. The molecule has 18 heavy (non-hydrogen) atoms. The normalized spacial score (nSPS) is 18.9. The van der Waals surface area contributed by atoms with Gasteiger partial charge in [0.2, 0.25) is 0 Å². The van der Waals surface area contributed by atoms with Gasteiger partial charge < -0.3 is 9.84 Å². The monoisotopic (exact) mass is 244 g/mol. The van der Waals surface area contributed by atoms with E-state index in [1.165, 1.54) is 11.1 Å². The minimum atomic E-state index is -0.567. The van der Waals surface area contributed by atoms with Gasteiger partial charge >= 0.3 is 0 Å². The third kappa shape index (κ3) is 1.53. The number of aliphatic hydroxyl groups excluding tert-OH is 1. The van der Waals surface area contributed by atoms with Crippen molar-refractivity contribution in [1.29, 1.82) is 0 Å². The molecule has 1 aliphatic rings. The van der Waals surface area contributed by atoms with E-state index in [1.54, 1.807) is 18.0 Å². The second-order valence-corrected chi connectivity index (χ2v) is 4.68. The van der Waals surface area contributed by atoms with Gasteiger partial charge in [-0.3, -0.25) is 4.68 Å². The lowest BCUT2D eigenvalue weighted by molar-refractivity contribution is 0.122. The highest BCUT2D eigenvalue weighted by Crippen LogP contribution is 2.45. The second-order valence-electron chi connectivity index (χ2n) is 4.68. The Labute approximate surface area is 106 Å². The first-order valence-corrected chi connectivity index (χ1v) is 6.04. The van der Waals surface area contributed by atoms with Crippen molar-refractivity contribution in [1.82, 2.24) is 9.78 Å². The Bertz CT molecular complexity index is 577. The second kappa shape index (κ2) is 4.14. The highest BCUT2D eigenvalue weighted by molar-refractivity contribution is 5.43. The Hall–Kier alpha value is -1.81. The summed E-state index contributed by atoms with van der Waals surface area (Å²) in [5.41, 5.74) is 3.30. The molecule has 1 aliphatic carbocycles. The summed E-state index contributed by atoms with van der Waals surface area (Å²) in [6.45, 7) is 0. The maximum atomic E-state index is 10.5. The predicted octanol–water partition coefficient (Wildman–Crippen LogP) is 1.80. The maximum absolute atomic E-state index is 10.5. The lowest BCUT2D eigenvalue weighted by Crippen LogP contribution is -2.25. The molecule has 0 amide bonds. The van der Waals surface area contributed by atoms with Crippen molar-refractivity contribution >= 4 is 0 Å². The van der Waals surface area contributed by atoms with Crippen LogP contribution in [0.25, 0.3) is 0 Å². The average Bonchev–Trinajstić information content (AvgIpc) is 2.72. The van der Waals surface area contributed by atoms with Gasteiger partial charge in [-0.2, -0.15) is 5.10 Å². The fourth-order valence-electron chi connectivity index (χ4n) is 2.69. The molecular weight excluding hydrogens is 228 g/mol. The minimum absolute atomic E-state index is 0.144. The van der Waals surface area contributed by atoms with Gasteiger partial charge in [0.1, 0.15) is 11.8 Å². The average molecular weight is 244 g/mol. The molecule has 0 radical (unpaired) electrons. The first-order valence-electron chi connectivity index (χ1n) is 6.04. The van der Waals surface area contributed by atoms with Crippen LogP contribution in [0, 0.1) is 0 Å². The summed E-state index contributed by atoms with van der Waals surface area (Å²) < 4.78 is 6.94. The van der Waals surface area contributed by atoms with Crippen LogP contribution in [0.1, 0.15) is 28.8 Å². The van der Waals surface area contributed by atoms with Crippen molar-refractivity contribution < 1.29 is 9.84 Å². The van der Waals surface area contributed by atoms with E-state index in [-0.39, 0.29) is 5.92 Å². The number of aromatic nitrogens is 2. The van der Waals surface area contributed by atoms with Crippen LogP contribution >= 0.6 is 0 Å². The molecule has 0 fully saturated rings. The fourth-order valence-corrected chi connectivity index (χ4v) is 2.69. The molecule has 3 rings (SSSR count). The summed E-state index contributed by atoms with van der Waals surface area (Å²) in [4.78, 5) is 0. The Balaban J connectivity index is 1.93. The molecule has 1 heterocycles. The predicted molar refractivity (Wildman–Crippen MR) is 67.6 cm³/mol. The van der Waals surface area contributed by atoms with Crippen molar-refractivity contribution in [2.24, 2.45) is 7.05 Å². The summed E-state index contributed by atoms with van der Waals surface area (Å²) in [5.74, 6) is 0.792. The number of methoxy groups -OCH3 is 1. The number of aliphatic hydroxyl groups is 1. The molecular formula is C14H16N2O2. The quantitative estimate of drug-likeness (QED) is 0.895. The molecule has 0 spiro atoms. The lowest BCUT2D eigenvalue weighted by atomic mass is 9.73. The number of aryl methyl sites for hydroxylation is 1. The van der Waals surface area contributed by atoms with E-state index < -0.39 is 6.10 Å². The molecule has 0 aliphatic heterocycles. The SMILES string of the molecule is COc1cnn(C)c1C(O)C1Cc2ccccc21. The number of fused-ring (bicyclic) bond motifs is 1. The number of hydrogen-bond acceptors (Lipinski definition) is 3. The number of ether oxygens (including phenoxy) is 1. The van der Waals surface area contributed by atoms with Crippen LogP contribution in [0.3, 0.4) is 0 Å². The zero-order valence-electron chi connectivity index (χ0n) is 10.5. The van der Waals surface area contributed by atoms with E-state index >= 15 is 0 Å². The highest BCUT2D eigenvalue weighted by atomic mass is 16.5. The standard InChI is InChI=1S/C14H16N2O2/c1-16-13(12(18-2)8-15-16)14(17)11-7-9-5-3-4-6-10(9)11/h3-6,8,11,14,17H,7H2,1-2H3. The van der Waals surface area contributed by atoms with Crippen molar-refractivity contribution in [2.45, 2.75) is 18.4 Å². The van der Waals surface area contributed by atoms with Gasteiger partial charge in [0, 0.05) is 13.0 Å². The first-order chi connectivity index (χ1) is 8.72. The van der Waals surface area contributed by atoms with E-state index in [4.69, 9.17) is 4.74 Å². The van der Waals surface area contributed by atoms with E-state index in [9.17, 15) is 5.11 Å². The Kier molecular flexibility index (Phi) is 2.59. The van der Waals surface area contributed by atoms with Crippen molar-refractivity contribution in [2.75, 3.05) is 7.11 Å². The molecule has 1 aromatic heterocycles. The van der Waals surface area contributed by atoms with Gasteiger partial charge in [0.25, 0.3) is 0 Å². The van der Waals surface area contributed by atoms with Gasteiger partial charge in [-0.15, -0.1) is 0 Å². The van der Waals surface area contributed by atoms with Crippen LogP contribution < -0.4 is 4.74 Å². The van der Waals surface area contributed by atoms with Crippen LogP contribution in [-0.4, -0.2) is 22.0 Å². The molecule has 2 unspecified atom stereocenters. The minimum Gasteiger partial charge on any atom is -0.493 e. The van der Waals surface area contributed by atoms with E-state index in [0.717, 1.165) is 12.1 Å². The van der Waals surface area contributed by atoms with Crippen LogP contribution in [0.2, 0.25) is 0 Å². The van der Waals surface area contributed by atoms with Crippen molar-refractivity contribution in [3.63, 3.8) is 0 Å². The van der Waals surface area contributed by atoms with Crippen molar-refractivity contribution in [3.8, 4) is 5.75 Å². The van der Waals surface area contributed by atoms with Gasteiger partial charge in [0.05, 0.1) is 13.3 Å². The summed E-state index contributed by atoms with van der Waals surface area (Å²) in [6.07, 6.45) is 1.98. The Morgan fingerprint density at radius 3 is 2.94 bits per heavy atom. The number of nitrogens with zero attached hydrogens (tertiary/aromatic N) is 2. The molecule has 4 heteroatoms. The molecule has 4 nitrogen and oxygen atoms in total. The van der Waals surface area contributed by atoms with Gasteiger partial charge in [-0.05, 0) is 17.5 Å². The zero-order valence-corrected chi connectivity index (χ0v) is 10.5. The molecule has 1 aromatic carbocycles. The molecule has 94 valence electrons. The molecule has 2 atom stereocenters. The topological polar surface area (TPSA) is 47.3 Å². The molecule has 1 N–H and O–H groups in total. The summed E-state index contributed by atoms with van der Waals surface area (Å²) >= 11 is 0. The van der Waals surface area contributed by atoms with Gasteiger partial charge in [0.15, 0.2) is 5.75 Å². The Morgan fingerprint density at radius 1 is 1.44 bits per heavy atom. The third-order valence-corrected chi connectivity index (χ3v) is 3.72. The Morgan fingerprint density at radius 2 is 2.22 bits per heavy atom. The molecule has 0 saturated heterocycles. The smallest absolute Gasteiger partial charge is 0.162 e. The largest absolute Gasteiger partial charge is 0.493 e. The zero-order chi connectivity index (χ0) is 12.7. The number of hydrogen-bond donors (Lipinski definition) is 1. The summed E-state index contributed by atoms with van der Waals surface area (Å²) in [6, 6.07) is 8.23. The van der Waals surface area contributed by atoms with E-state index in [2.05, 4.69) is 17.2 Å². The fraction of sp³-hybridized carbons (Fsp3) is 0.357. The first kappa shape index (κ1) is 11.3. The van der Waals surface area contributed by atoms with Crippen molar-refractivity contribution in [3.05, 3.63) is 47.3 Å². The lowest BCUT2D eigenvalue weighted by Gasteiger charge is -2.34. The molecule has 0 saturated carbocycles. The van der Waals surface area contributed by atoms with E-state index in [0.29, 0.717) is 5.75 Å². The van der Waals surface area contributed by atoms with Crippen LogP contribution in [0.4, 0.5) is 0 Å². The van der Waals surface area contributed by atoms with Crippen LogP contribution in [0.15, 0.2) is 30.5 Å². The number of rotatable bonds is 3. The van der Waals surface area contributed by atoms with Crippen LogP contribution in [0.5, 0.6) is 5.75 Å². The number of benzene rings is 1. The third-order valence-electron chi connectivity index (χ3n) is 3.72. The molecule has 2 aromatic rings. The maximum Gasteiger partial charge on any atom is 0.162 e. The summed E-state index contributed by atoms with van der Waals surface area (Å²) in [5, 5.41) is 14.7. The van der Waals surface area contributed by atoms with Gasteiger partial charge in [-0.25, -0.2) is 0 Å². The van der Waals surface area contributed by atoms with Crippen LogP contribution in [-0.2, 0) is 13.5 Å². The summed E-state index contributed by atoms with van der Waals surface area (Å²) in [7, 11) is 3.42. The highest BCUT2D eigenvalue weighted by Gasteiger charge is 2.35. The van der Waals surface area contributed by atoms with E-state index in [1.807, 2.05) is 19.2 Å².